The highest BCUT2D eigenvalue weighted by molar-refractivity contribution is 7.18. The van der Waals surface area contributed by atoms with Gasteiger partial charge < -0.3 is 9.94 Å². The SMILES string of the molecule is CCOC(=O)/C(Cc1nc2ccccc2s1)=N/O. The first-order chi connectivity index (χ1) is 8.74. The first kappa shape index (κ1) is 12.5. The Labute approximate surface area is 108 Å². The third-order valence-corrected chi connectivity index (χ3v) is 3.32. The summed E-state index contributed by atoms with van der Waals surface area (Å²) >= 11 is 1.47. The second-order valence-corrected chi connectivity index (χ2v) is 4.63. The lowest BCUT2D eigenvalue weighted by atomic mass is 10.3. The van der Waals surface area contributed by atoms with Crippen molar-refractivity contribution in [2.45, 2.75) is 13.3 Å². The fourth-order valence-corrected chi connectivity index (χ4v) is 2.47. The number of hydrogen-bond donors (Lipinski definition) is 1. The normalized spacial score (nSPS) is 11.7. The van der Waals surface area contributed by atoms with Gasteiger partial charge in [-0.3, -0.25) is 0 Å². The van der Waals surface area contributed by atoms with Gasteiger partial charge in [0.1, 0.15) is 5.01 Å². The molecule has 94 valence electrons. The Hall–Kier alpha value is -1.95. The van der Waals surface area contributed by atoms with Crippen molar-refractivity contribution in [1.82, 2.24) is 4.98 Å². The van der Waals surface area contributed by atoms with Crippen LogP contribution in [0.4, 0.5) is 0 Å². The van der Waals surface area contributed by atoms with Gasteiger partial charge in [-0.25, -0.2) is 9.78 Å². The van der Waals surface area contributed by atoms with Crippen molar-refractivity contribution in [2.75, 3.05) is 6.61 Å². The minimum Gasteiger partial charge on any atom is -0.461 e. The van der Waals surface area contributed by atoms with Crippen molar-refractivity contribution < 1.29 is 14.7 Å². The molecule has 0 aliphatic rings. The molecule has 0 bridgehead atoms. The number of rotatable bonds is 4. The number of ether oxygens (including phenoxy) is 1. The number of carbonyl (C=O) groups is 1. The molecule has 0 aliphatic heterocycles. The van der Waals surface area contributed by atoms with E-state index in [9.17, 15) is 4.79 Å². The molecule has 6 heteroatoms. The third kappa shape index (κ3) is 2.65. The van der Waals surface area contributed by atoms with Crippen LogP contribution in [0, 0.1) is 0 Å². The van der Waals surface area contributed by atoms with E-state index < -0.39 is 5.97 Å². The molecule has 2 rings (SSSR count). The van der Waals surface area contributed by atoms with Gasteiger partial charge in [-0.05, 0) is 19.1 Å². The van der Waals surface area contributed by atoms with Crippen LogP contribution < -0.4 is 0 Å². The van der Waals surface area contributed by atoms with Crippen molar-refractivity contribution in [1.29, 1.82) is 0 Å². The van der Waals surface area contributed by atoms with Gasteiger partial charge >= 0.3 is 5.97 Å². The van der Waals surface area contributed by atoms with E-state index >= 15 is 0 Å². The molecule has 0 amide bonds. The maximum atomic E-state index is 11.5. The second kappa shape index (κ2) is 5.59. The molecule has 0 radical (unpaired) electrons. The monoisotopic (exact) mass is 264 g/mol. The fourth-order valence-electron chi connectivity index (χ4n) is 1.50. The Kier molecular flexibility index (Phi) is 3.88. The van der Waals surface area contributed by atoms with E-state index in [2.05, 4.69) is 10.1 Å². The molecule has 1 aromatic carbocycles. The molecule has 18 heavy (non-hydrogen) atoms. The summed E-state index contributed by atoms with van der Waals surface area (Å²) in [6.45, 7) is 1.95. The number of oxime groups is 1. The molecular weight excluding hydrogens is 252 g/mol. The average Bonchev–Trinajstić information content (AvgIpc) is 2.78. The molecule has 0 aliphatic carbocycles. The lowest BCUT2D eigenvalue weighted by Crippen LogP contribution is -2.19. The Balaban J connectivity index is 2.19. The summed E-state index contributed by atoms with van der Waals surface area (Å²) in [5.74, 6) is -0.612. The minimum atomic E-state index is -0.612. The Morgan fingerprint density at radius 2 is 2.28 bits per heavy atom. The molecule has 0 unspecified atom stereocenters. The number of thiazole rings is 1. The summed E-state index contributed by atoms with van der Waals surface area (Å²) in [7, 11) is 0. The fraction of sp³-hybridized carbons (Fsp3) is 0.250. The summed E-state index contributed by atoms with van der Waals surface area (Å²) in [6, 6.07) is 7.68. The zero-order valence-electron chi connectivity index (χ0n) is 9.79. The van der Waals surface area contributed by atoms with Gasteiger partial charge in [0.15, 0.2) is 5.71 Å². The molecule has 1 aromatic heterocycles. The van der Waals surface area contributed by atoms with Crippen LogP contribution in [0.5, 0.6) is 0 Å². The smallest absolute Gasteiger partial charge is 0.356 e. The van der Waals surface area contributed by atoms with Gasteiger partial charge in [-0.15, -0.1) is 11.3 Å². The van der Waals surface area contributed by atoms with Gasteiger partial charge in [0.25, 0.3) is 0 Å². The molecule has 0 fully saturated rings. The van der Waals surface area contributed by atoms with Crippen LogP contribution in [0.15, 0.2) is 29.4 Å². The first-order valence-corrected chi connectivity index (χ1v) is 6.28. The molecule has 5 nitrogen and oxygen atoms in total. The summed E-state index contributed by atoms with van der Waals surface area (Å²) in [6.07, 6.45) is 0.175. The molecule has 0 spiro atoms. The van der Waals surface area contributed by atoms with E-state index in [1.807, 2.05) is 24.3 Å². The summed E-state index contributed by atoms with van der Waals surface area (Å²) < 4.78 is 5.82. The average molecular weight is 264 g/mol. The van der Waals surface area contributed by atoms with Crippen molar-refractivity contribution in [3.63, 3.8) is 0 Å². The molecule has 1 N–H and O–H groups in total. The van der Waals surface area contributed by atoms with Crippen LogP contribution in [0.25, 0.3) is 10.2 Å². The number of hydrogen-bond acceptors (Lipinski definition) is 6. The van der Waals surface area contributed by atoms with Crippen LogP contribution >= 0.6 is 11.3 Å². The maximum absolute atomic E-state index is 11.5. The molecule has 0 atom stereocenters. The highest BCUT2D eigenvalue weighted by Crippen LogP contribution is 2.22. The summed E-state index contributed by atoms with van der Waals surface area (Å²) in [5.41, 5.74) is 0.842. The molecule has 1 heterocycles. The van der Waals surface area contributed by atoms with Crippen LogP contribution in [0.3, 0.4) is 0 Å². The Bertz CT molecular complexity index is 559. The van der Waals surface area contributed by atoms with Gasteiger partial charge in [0.2, 0.25) is 0 Å². The molecular formula is C12H12N2O3S. The zero-order valence-corrected chi connectivity index (χ0v) is 10.6. The lowest BCUT2D eigenvalue weighted by Gasteiger charge is -2.01. The van der Waals surface area contributed by atoms with Gasteiger partial charge in [0.05, 0.1) is 23.2 Å². The van der Waals surface area contributed by atoms with Crippen molar-refractivity contribution in [3.8, 4) is 0 Å². The molecule has 0 saturated heterocycles. The summed E-state index contributed by atoms with van der Waals surface area (Å²) in [4.78, 5) is 15.8. The topological polar surface area (TPSA) is 71.8 Å². The van der Waals surface area contributed by atoms with Gasteiger partial charge in [0, 0.05) is 0 Å². The van der Waals surface area contributed by atoms with E-state index in [4.69, 9.17) is 9.94 Å². The van der Waals surface area contributed by atoms with E-state index in [0.29, 0.717) is 0 Å². The van der Waals surface area contributed by atoms with Crippen molar-refractivity contribution in [2.24, 2.45) is 5.16 Å². The number of para-hydroxylation sites is 1. The highest BCUT2D eigenvalue weighted by atomic mass is 32.1. The quantitative estimate of drug-likeness (QED) is 0.398. The van der Waals surface area contributed by atoms with E-state index in [0.717, 1.165) is 15.2 Å². The standard InChI is InChI=1S/C12H12N2O3S/c1-2-17-12(15)9(14-16)7-11-13-8-5-3-4-6-10(8)18-11/h3-6,16H,2,7H2,1H3/b14-9+. The van der Waals surface area contributed by atoms with E-state index in [1.54, 1.807) is 6.92 Å². The number of carbonyl (C=O) groups excluding carboxylic acids is 1. The lowest BCUT2D eigenvalue weighted by molar-refractivity contribution is -0.135. The predicted octanol–water partition coefficient (Wildman–Crippen LogP) is 2.23. The zero-order chi connectivity index (χ0) is 13.0. The third-order valence-electron chi connectivity index (χ3n) is 2.29. The highest BCUT2D eigenvalue weighted by Gasteiger charge is 2.16. The number of nitrogens with zero attached hydrogens (tertiary/aromatic N) is 2. The number of fused-ring (bicyclic) bond motifs is 1. The van der Waals surface area contributed by atoms with Crippen LogP contribution in [-0.2, 0) is 16.0 Å². The van der Waals surface area contributed by atoms with Crippen molar-refractivity contribution in [3.05, 3.63) is 29.3 Å². The van der Waals surface area contributed by atoms with Gasteiger partial charge in [-0.1, -0.05) is 17.3 Å². The molecule has 2 aromatic rings. The summed E-state index contributed by atoms with van der Waals surface area (Å²) in [5, 5.41) is 12.5. The number of esters is 1. The second-order valence-electron chi connectivity index (χ2n) is 3.52. The number of benzene rings is 1. The van der Waals surface area contributed by atoms with Crippen LogP contribution in [0.1, 0.15) is 11.9 Å². The number of aromatic nitrogens is 1. The minimum absolute atomic E-state index is 0.0316. The first-order valence-electron chi connectivity index (χ1n) is 5.47. The molecule has 0 saturated carbocycles. The Morgan fingerprint density at radius 1 is 1.50 bits per heavy atom. The largest absolute Gasteiger partial charge is 0.461 e. The van der Waals surface area contributed by atoms with E-state index in [-0.39, 0.29) is 18.7 Å². The Morgan fingerprint density at radius 3 is 2.94 bits per heavy atom. The van der Waals surface area contributed by atoms with Gasteiger partial charge in [-0.2, -0.15) is 0 Å². The van der Waals surface area contributed by atoms with E-state index in [1.165, 1.54) is 11.3 Å². The van der Waals surface area contributed by atoms with Crippen molar-refractivity contribution >= 4 is 33.2 Å². The predicted molar refractivity (Wildman–Crippen MR) is 69.2 cm³/mol. The maximum Gasteiger partial charge on any atom is 0.356 e. The van der Waals surface area contributed by atoms with Crippen LogP contribution in [-0.4, -0.2) is 28.5 Å². The van der Waals surface area contributed by atoms with Crippen LogP contribution in [0.2, 0.25) is 0 Å².